The fourth-order valence-electron chi connectivity index (χ4n) is 4.69. The third kappa shape index (κ3) is 13.7. The second-order valence-corrected chi connectivity index (χ2v) is 11.4. The van der Waals surface area contributed by atoms with Crippen molar-refractivity contribution in [1.82, 2.24) is 0 Å². The van der Waals surface area contributed by atoms with Crippen molar-refractivity contribution in [2.45, 2.75) is 165 Å². The minimum absolute atomic E-state index is 0.391. The third-order valence-electron chi connectivity index (χ3n) is 6.91. The monoisotopic (exact) mass is 490 g/mol. The van der Waals surface area contributed by atoms with E-state index in [0.29, 0.717) is 5.25 Å². The average Bonchev–Trinajstić information content (AvgIpc) is 3.10. The van der Waals surface area contributed by atoms with Crippen molar-refractivity contribution in [1.29, 1.82) is 0 Å². The lowest BCUT2D eigenvalue weighted by Gasteiger charge is -2.23. The van der Waals surface area contributed by atoms with E-state index in [-0.39, 0.29) is 0 Å². The van der Waals surface area contributed by atoms with E-state index in [1.165, 1.54) is 103 Å². The van der Waals surface area contributed by atoms with Crippen LogP contribution in [0.2, 0.25) is 0 Å². The molecule has 1 heterocycles. The normalized spacial score (nSPS) is 24.1. The number of rotatable bonds is 22. The molecule has 1 saturated heterocycles. The van der Waals surface area contributed by atoms with Gasteiger partial charge in [-0.05, 0) is 12.8 Å². The highest BCUT2D eigenvalue weighted by molar-refractivity contribution is 8.00. The first-order valence-corrected chi connectivity index (χ1v) is 14.9. The lowest BCUT2D eigenvalue weighted by Crippen LogP contribution is -2.40. The van der Waals surface area contributed by atoms with Gasteiger partial charge in [0, 0.05) is 5.25 Å². The summed E-state index contributed by atoms with van der Waals surface area (Å²) in [6, 6.07) is 0. The van der Waals surface area contributed by atoms with Crippen molar-refractivity contribution in [3.63, 3.8) is 0 Å². The van der Waals surface area contributed by atoms with E-state index in [9.17, 15) is 20.4 Å². The summed E-state index contributed by atoms with van der Waals surface area (Å²) in [4.78, 5) is 0. The zero-order valence-electron chi connectivity index (χ0n) is 21.5. The number of unbranched alkanes of at least 4 members (excludes halogenated alkanes) is 14. The van der Waals surface area contributed by atoms with Crippen LogP contribution in [0.5, 0.6) is 0 Å². The molecule has 0 aliphatic carbocycles. The highest BCUT2D eigenvalue weighted by Crippen LogP contribution is 2.36. The number of ether oxygens (including phenoxy) is 1. The highest BCUT2D eigenvalue weighted by Gasteiger charge is 2.46. The van der Waals surface area contributed by atoms with Crippen molar-refractivity contribution in [3.05, 3.63) is 0 Å². The molecule has 0 amide bonds. The smallest absolute Gasteiger partial charge is 0.132 e. The first-order valence-electron chi connectivity index (χ1n) is 14.0. The van der Waals surface area contributed by atoms with E-state index >= 15 is 0 Å². The first kappa shape index (κ1) is 31.2. The number of thioether (sulfide) groups is 1. The van der Waals surface area contributed by atoms with Crippen LogP contribution in [-0.2, 0) is 4.74 Å². The van der Waals surface area contributed by atoms with Crippen molar-refractivity contribution in [3.8, 4) is 0 Å². The molecule has 0 aromatic heterocycles. The Morgan fingerprint density at radius 3 is 1.52 bits per heavy atom. The summed E-state index contributed by atoms with van der Waals surface area (Å²) in [6.45, 7) is 4.02. The molecule has 198 valence electrons. The van der Waals surface area contributed by atoms with Crippen LogP contribution >= 0.6 is 11.8 Å². The van der Waals surface area contributed by atoms with Gasteiger partial charge in [-0.15, -0.1) is 11.8 Å². The van der Waals surface area contributed by atoms with Crippen LogP contribution in [0.4, 0.5) is 0 Å². The molecule has 0 spiro atoms. The molecule has 0 aromatic rings. The Morgan fingerprint density at radius 2 is 1.09 bits per heavy atom. The molecular formula is C27H54O5S. The number of aliphatic hydroxyl groups excluding tert-OH is 4. The van der Waals surface area contributed by atoms with Gasteiger partial charge in [-0.2, -0.15) is 0 Å². The maximum atomic E-state index is 10.5. The molecule has 1 aliphatic heterocycles. The minimum atomic E-state index is -1.17. The second-order valence-electron chi connectivity index (χ2n) is 9.99. The third-order valence-corrected chi connectivity index (χ3v) is 8.42. The van der Waals surface area contributed by atoms with Crippen LogP contribution in [0.15, 0.2) is 0 Å². The van der Waals surface area contributed by atoms with E-state index in [0.717, 1.165) is 12.8 Å². The standard InChI is InChI=1S/C27H54O5S/c1-3-5-7-9-11-13-15-17-19-22(20-18-16-14-12-10-8-6-4-2)33-27-25(31)24(30)26(32-27)23(29)21-28/h22-31H,3-21H2,1-2H3/t23-,24-,25-,26+,27+/m1/s1. The predicted octanol–water partition coefficient (Wildman–Crippen LogP) is 5.95. The largest absolute Gasteiger partial charge is 0.394 e. The number of aliphatic hydroxyl groups is 4. The Balaban J connectivity index is 2.40. The average molecular weight is 491 g/mol. The van der Waals surface area contributed by atoms with E-state index in [4.69, 9.17) is 4.74 Å². The van der Waals surface area contributed by atoms with Gasteiger partial charge in [-0.3, -0.25) is 0 Å². The molecule has 1 fully saturated rings. The fourth-order valence-corrected chi connectivity index (χ4v) is 6.19. The summed E-state index contributed by atoms with van der Waals surface area (Å²) >= 11 is 1.62. The Kier molecular flexibility index (Phi) is 19.2. The minimum Gasteiger partial charge on any atom is -0.394 e. The van der Waals surface area contributed by atoms with Gasteiger partial charge >= 0.3 is 0 Å². The topological polar surface area (TPSA) is 90.2 Å². The molecule has 0 saturated carbocycles. The van der Waals surface area contributed by atoms with Crippen LogP contribution < -0.4 is 0 Å². The van der Waals surface area contributed by atoms with Crippen molar-refractivity contribution >= 4 is 11.8 Å². The molecule has 0 radical (unpaired) electrons. The van der Waals surface area contributed by atoms with Gasteiger partial charge < -0.3 is 25.2 Å². The molecule has 33 heavy (non-hydrogen) atoms. The zero-order valence-corrected chi connectivity index (χ0v) is 22.3. The molecule has 0 unspecified atom stereocenters. The van der Waals surface area contributed by atoms with Crippen LogP contribution in [0.3, 0.4) is 0 Å². The quantitative estimate of drug-likeness (QED) is 0.140. The SMILES string of the molecule is CCCCCCCCCCC(CCCCCCCCCC)S[C@@H]1O[C@@H]([C@H](O)CO)[C@H](O)[C@H]1O. The molecular weight excluding hydrogens is 436 g/mol. The Bertz CT molecular complexity index is 419. The van der Waals surface area contributed by atoms with Gasteiger partial charge in [-0.1, -0.05) is 117 Å². The summed E-state index contributed by atoms with van der Waals surface area (Å²) in [5.41, 5.74) is -0.542. The molecule has 1 rings (SSSR count). The zero-order chi connectivity index (χ0) is 24.3. The molecule has 1 aliphatic rings. The van der Waals surface area contributed by atoms with E-state index in [1.54, 1.807) is 11.8 Å². The molecule has 0 aromatic carbocycles. The van der Waals surface area contributed by atoms with E-state index < -0.39 is 36.5 Å². The van der Waals surface area contributed by atoms with Gasteiger partial charge in [0.1, 0.15) is 29.9 Å². The molecule has 4 N–H and O–H groups in total. The predicted molar refractivity (Wildman–Crippen MR) is 140 cm³/mol. The van der Waals surface area contributed by atoms with Gasteiger partial charge in [0.05, 0.1) is 6.61 Å². The molecule has 5 nitrogen and oxygen atoms in total. The van der Waals surface area contributed by atoms with Crippen LogP contribution in [-0.4, -0.2) is 62.1 Å². The van der Waals surface area contributed by atoms with Gasteiger partial charge in [0.2, 0.25) is 0 Å². The molecule has 6 heteroatoms. The Morgan fingerprint density at radius 1 is 0.667 bits per heavy atom. The lowest BCUT2D eigenvalue weighted by atomic mass is 10.0. The number of hydrogen-bond donors (Lipinski definition) is 4. The highest BCUT2D eigenvalue weighted by atomic mass is 32.2. The molecule has 5 atom stereocenters. The second kappa shape index (κ2) is 20.4. The summed E-state index contributed by atoms with van der Waals surface area (Å²) in [6.07, 6.45) is 18.7. The Hall–Kier alpha value is 0.150. The van der Waals surface area contributed by atoms with Crippen LogP contribution in [0, 0.1) is 0 Å². The molecule has 0 bridgehead atoms. The summed E-state index contributed by atoms with van der Waals surface area (Å²) < 4.78 is 5.79. The first-order chi connectivity index (χ1) is 16.0. The lowest BCUT2D eigenvalue weighted by molar-refractivity contribution is -0.0713. The summed E-state index contributed by atoms with van der Waals surface area (Å²) in [5, 5.41) is 40.2. The maximum Gasteiger partial charge on any atom is 0.132 e. The maximum absolute atomic E-state index is 10.5. The summed E-state index contributed by atoms with van der Waals surface area (Å²) in [5.74, 6) is 0. The van der Waals surface area contributed by atoms with E-state index in [1.807, 2.05) is 0 Å². The van der Waals surface area contributed by atoms with Gasteiger partial charge in [0.15, 0.2) is 0 Å². The van der Waals surface area contributed by atoms with Crippen LogP contribution in [0.25, 0.3) is 0 Å². The Labute approximate surface area is 208 Å². The van der Waals surface area contributed by atoms with Crippen molar-refractivity contribution in [2.24, 2.45) is 0 Å². The van der Waals surface area contributed by atoms with Crippen molar-refractivity contribution < 1.29 is 25.2 Å². The van der Waals surface area contributed by atoms with Crippen molar-refractivity contribution in [2.75, 3.05) is 6.61 Å². The number of hydrogen-bond acceptors (Lipinski definition) is 6. The van der Waals surface area contributed by atoms with Gasteiger partial charge in [-0.25, -0.2) is 0 Å². The van der Waals surface area contributed by atoms with Gasteiger partial charge in [0.25, 0.3) is 0 Å². The fraction of sp³-hybridized carbons (Fsp3) is 1.00. The van der Waals surface area contributed by atoms with Crippen LogP contribution in [0.1, 0.15) is 129 Å². The van der Waals surface area contributed by atoms with E-state index in [2.05, 4.69) is 13.8 Å². The summed E-state index contributed by atoms with van der Waals surface area (Å²) in [7, 11) is 0.